The van der Waals surface area contributed by atoms with Crippen molar-refractivity contribution in [3.05, 3.63) is 82.4 Å². The van der Waals surface area contributed by atoms with Gasteiger partial charge in [0, 0.05) is 24.4 Å². The molecule has 6 rings (SSSR count). The highest BCUT2D eigenvalue weighted by Crippen LogP contribution is 2.34. The van der Waals surface area contributed by atoms with Crippen LogP contribution in [0.3, 0.4) is 0 Å². The lowest BCUT2D eigenvalue weighted by molar-refractivity contribution is 0.297. The Balaban J connectivity index is 1.45. The van der Waals surface area contributed by atoms with Crippen LogP contribution in [0.25, 0.3) is 22.9 Å². The highest BCUT2D eigenvalue weighted by atomic mass is 35.5. The molecular weight excluding hydrogens is 468 g/mol. The molecule has 12 heteroatoms. The molecule has 0 spiro atoms. The van der Waals surface area contributed by atoms with E-state index in [1.165, 1.54) is 6.07 Å². The summed E-state index contributed by atoms with van der Waals surface area (Å²) in [6, 6.07) is 8.76. The molecule has 0 N–H and O–H groups in total. The molecule has 0 aliphatic carbocycles. The van der Waals surface area contributed by atoms with Crippen LogP contribution < -0.4 is 4.74 Å². The second kappa shape index (κ2) is 7.73. The van der Waals surface area contributed by atoms with E-state index < -0.39 is 11.6 Å². The summed E-state index contributed by atoms with van der Waals surface area (Å²) >= 11 is 6.29. The summed E-state index contributed by atoms with van der Waals surface area (Å²) in [5.41, 5.74) is 4.06. The number of benzene rings is 2. The number of aromatic nitrogens is 7. The van der Waals surface area contributed by atoms with E-state index in [0.717, 1.165) is 23.5 Å². The summed E-state index contributed by atoms with van der Waals surface area (Å²) < 4.78 is 41.3. The van der Waals surface area contributed by atoms with Crippen LogP contribution in [0.5, 0.6) is 5.75 Å². The van der Waals surface area contributed by atoms with Crippen molar-refractivity contribution in [3.63, 3.8) is 0 Å². The van der Waals surface area contributed by atoms with E-state index in [2.05, 4.69) is 25.4 Å². The molecule has 9 nitrogen and oxygen atoms in total. The van der Waals surface area contributed by atoms with Crippen molar-refractivity contribution in [3.8, 4) is 28.6 Å². The third kappa shape index (κ3) is 3.32. The molecule has 170 valence electrons. The molecule has 0 fully saturated rings. The molecule has 1 aliphatic rings. The Labute approximate surface area is 195 Å². The number of ether oxygens (including phenoxy) is 1. The highest BCUT2D eigenvalue weighted by molar-refractivity contribution is 6.30. The lowest BCUT2D eigenvalue weighted by Crippen LogP contribution is -2.06. The zero-order valence-corrected chi connectivity index (χ0v) is 18.3. The summed E-state index contributed by atoms with van der Waals surface area (Å²) in [6.45, 7) is 1.69. The molecule has 1 aliphatic heterocycles. The molecule has 4 heterocycles. The third-order valence-corrected chi connectivity index (χ3v) is 5.71. The van der Waals surface area contributed by atoms with Gasteiger partial charge in [-0.05, 0) is 30.3 Å². The number of nitrogens with zero attached hydrogens (tertiary/aromatic N) is 7. The third-order valence-electron chi connectivity index (χ3n) is 5.48. The van der Waals surface area contributed by atoms with Crippen LogP contribution in [0.2, 0.25) is 5.02 Å². The van der Waals surface area contributed by atoms with Crippen molar-refractivity contribution in [1.29, 1.82) is 0 Å². The van der Waals surface area contributed by atoms with E-state index in [1.54, 1.807) is 30.1 Å². The average Bonchev–Trinajstić information content (AvgIpc) is 3.52. The van der Waals surface area contributed by atoms with Crippen LogP contribution >= 0.6 is 11.6 Å². The van der Waals surface area contributed by atoms with Crippen LogP contribution in [0, 0.1) is 18.6 Å². The normalized spacial score (nSPS) is 12.1. The Hall–Kier alpha value is -4.12. The fourth-order valence-corrected chi connectivity index (χ4v) is 4.06. The van der Waals surface area contributed by atoms with Gasteiger partial charge in [0.1, 0.15) is 30.1 Å². The number of hydrogen-bond donors (Lipinski definition) is 0. The molecule has 0 bridgehead atoms. The van der Waals surface area contributed by atoms with Crippen molar-refractivity contribution < 1.29 is 18.0 Å². The van der Waals surface area contributed by atoms with Gasteiger partial charge in [0.25, 0.3) is 0 Å². The van der Waals surface area contributed by atoms with E-state index in [4.69, 9.17) is 20.9 Å². The molecule has 34 heavy (non-hydrogen) atoms. The van der Waals surface area contributed by atoms with Gasteiger partial charge in [0.05, 0.1) is 22.8 Å². The maximum atomic E-state index is 13.6. The van der Waals surface area contributed by atoms with Crippen LogP contribution in [0.15, 0.2) is 47.2 Å². The van der Waals surface area contributed by atoms with Gasteiger partial charge in [0.15, 0.2) is 11.6 Å². The van der Waals surface area contributed by atoms with Gasteiger partial charge in [-0.1, -0.05) is 22.0 Å². The first-order chi connectivity index (χ1) is 16.5. The number of aryl methyl sites for hydroxylation is 1. The number of hydrogen-bond acceptors (Lipinski definition) is 7. The Morgan fingerprint density at radius 3 is 2.76 bits per heavy atom. The largest absolute Gasteiger partial charge is 0.487 e. The number of fused-ring (bicyclic) bond motifs is 5. The lowest BCUT2D eigenvalue weighted by atomic mass is 10.1. The lowest BCUT2D eigenvalue weighted by Gasteiger charge is -2.10. The topological polar surface area (TPSA) is 96.7 Å². The molecule has 0 radical (unpaired) electrons. The predicted octanol–water partition coefficient (Wildman–Crippen LogP) is 4.23. The second-order valence-corrected chi connectivity index (χ2v) is 8.05. The van der Waals surface area contributed by atoms with Gasteiger partial charge >= 0.3 is 0 Å². The van der Waals surface area contributed by atoms with E-state index in [9.17, 15) is 8.78 Å². The Morgan fingerprint density at radius 1 is 1.09 bits per heavy atom. The van der Waals surface area contributed by atoms with Crippen molar-refractivity contribution in [2.24, 2.45) is 0 Å². The molecular formula is C22H14ClF2N7O2. The number of imidazole rings is 1. The second-order valence-electron chi connectivity index (χ2n) is 7.62. The van der Waals surface area contributed by atoms with Gasteiger partial charge in [-0.25, -0.2) is 18.4 Å². The van der Waals surface area contributed by atoms with Gasteiger partial charge in [-0.3, -0.25) is 4.57 Å². The van der Waals surface area contributed by atoms with Crippen LogP contribution in [0.4, 0.5) is 8.78 Å². The van der Waals surface area contributed by atoms with Crippen LogP contribution in [-0.4, -0.2) is 34.7 Å². The van der Waals surface area contributed by atoms with Crippen molar-refractivity contribution in [1.82, 2.24) is 34.7 Å². The molecule has 0 atom stereocenters. The van der Waals surface area contributed by atoms with Gasteiger partial charge in [-0.15, -0.1) is 5.10 Å². The highest BCUT2D eigenvalue weighted by Gasteiger charge is 2.28. The zero-order chi connectivity index (χ0) is 23.4. The maximum Gasteiger partial charge on any atom is 0.223 e. The minimum Gasteiger partial charge on any atom is -0.487 e. The predicted molar refractivity (Wildman–Crippen MR) is 115 cm³/mol. The first-order valence-electron chi connectivity index (χ1n) is 10.2. The molecule has 0 saturated heterocycles. The molecule has 2 aromatic carbocycles. The number of halogens is 3. The summed E-state index contributed by atoms with van der Waals surface area (Å²) in [4.78, 5) is 8.85. The van der Waals surface area contributed by atoms with Crippen LogP contribution in [0.1, 0.15) is 23.0 Å². The Morgan fingerprint density at radius 2 is 1.97 bits per heavy atom. The van der Waals surface area contributed by atoms with Crippen molar-refractivity contribution in [2.45, 2.75) is 20.0 Å². The summed E-state index contributed by atoms with van der Waals surface area (Å²) in [5.74, 6) is -0.986. The van der Waals surface area contributed by atoms with E-state index >= 15 is 0 Å². The first-order valence-corrected chi connectivity index (χ1v) is 10.5. The van der Waals surface area contributed by atoms with Gasteiger partial charge in [-0.2, -0.15) is 4.98 Å². The molecule has 0 amide bonds. The quantitative estimate of drug-likeness (QED) is 0.372. The number of rotatable bonds is 4. The minimum absolute atomic E-state index is 0.0128. The molecule has 0 unspecified atom stereocenters. The maximum absolute atomic E-state index is 13.6. The fraction of sp³-hybridized carbons (Fsp3) is 0.136. The Kier molecular flexibility index (Phi) is 4.66. The van der Waals surface area contributed by atoms with Gasteiger partial charge in [0.2, 0.25) is 11.7 Å². The van der Waals surface area contributed by atoms with Gasteiger partial charge < -0.3 is 9.26 Å². The molecule has 3 aromatic heterocycles. The Bertz CT molecular complexity index is 1560. The fourth-order valence-electron chi connectivity index (χ4n) is 3.89. The summed E-state index contributed by atoms with van der Waals surface area (Å²) in [6.07, 6.45) is 2.04. The minimum atomic E-state index is -0.994. The van der Waals surface area contributed by atoms with Crippen molar-refractivity contribution in [2.75, 3.05) is 0 Å². The SMILES string of the molecule is Cc1nc(-c2ncn3c2Cc2c(COc4ccc(F)c(F)c4)nnn2-c2cc(Cl)ccc2-3)no1. The summed E-state index contributed by atoms with van der Waals surface area (Å²) in [5, 5.41) is 13.1. The van der Waals surface area contributed by atoms with E-state index in [-0.39, 0.29) is 12.4 Å². The first kappa shape index (κ1) is 20.5. The standard InChI is InChI=1S/C22H14ClF2N7O2/c1-11-27-22(29-34-11)21-20-8-18-16(9-33-13-3-4-14(24)15(25)7-13)28-30-32(18)19-6-12(23)2-5-17(19)31(20)10-26-21/h2-7,10H,8-9H2,1H3. The van der Waals surface area contributed by atoms with E-state index in [1.807, 2.05) is 10.6 Å². The smallest absolute Gasteiger partial charge is 0.223 e. The molecule has 5 aromatic rings. The zero-order valence-electron chi connectivity index (χ0n) is 17.5. The summed E-state index contributed by atoms with van der Waals surface area (Å²) in [7, 11) is 0. The van der Waals surface area contributed by atoms with Crippen molar-refractivity contribution >= 4 is 11.6 Å². The van der Waals surface area contributed by atoms with E-state index in [0.29, 0.717) is 45.9 Å². The average molecular weight is 482 g/mol. The van der Waals surface area contributed by atoms with Crippen LogP contribution in [-0.2, 0) is 13.0 Å². The molecule has 0 saturated carbocycles. The monoisotopic (exact) mass is 481 g/mol.